The summed E-state index contributed by atoms with van der Waals surface area (Å²) in [6, 6.07) is 14.2. The number of rotatable bonds is 5. The molecular formula is C22H22ClN3O2. The van der Waals surface area contributed by atoms with Crippen LogP contribution in [0.3, 0.4) is 0 Å². The number of carbonyl (C=O) groups is 2. The number of hydrogen-bond acceptors (Lipinski definition) is 2. The first-order chi connectivity index (χ1) is 13.6. The topological polar surface area (TPSA) is 65.2 Å². The minimum atomic E-state index is -0.638. The predicted molar refractivity (Wildman–Crippen MR) is 111 cm³/mol. The van der Waals surface area contributed by atoms with E-state index in [1.807, 2.05) is 35.4 Å². The molecule has 28 heavy (non-hydrogen) atoms. The lowest BCUT2D eigenvalue weighted by molar-refractivity contribution is -0.132. The second-order valence-electron chi connectivity index (χ2n) is 7.10. The third-order valence-electron chi connectivity index (χ3n) is 5.24. The Balaban J connectivity index is 1.61. The number of nitrogens with one attached hydrogen (secondary N) is 2. The Labute approximate surface area is 168 Å². The minimum Gasteiger partial charge on any atom is -0.361 e. The third-order valence-corrected chi connectivity index (χ3v) is 5.57. The maximum Gasteiger partial charge on any atom is 0.253 e. The van der Waals surface area contributed by atoms with Crippen LogP contribution in [-0.2, 0) is 11.2 Å². The summed E-state index contributed by atoms with van der Waals surface area (Å²) in [6.07, 6.45) is 4.35. The number of halogens is 1. The first-order valence-electron chi connectivity index (χ1n) is 9.52. The van der Waals surface area contributed by atoms with Crippen molar-refractivity contribution in [2.75, 3.05) is 13.1 Å². The molecule has 3 aromatic rings. The third kappa shape index (κ3) is 3.76. The van der Waals surface area contributed by atoms with Gasteiger partial charge in [0.2, 0.25) is 5.91 Å². The average Bonchev–Trinajstić information content (AvgIpc) is 3.38. The van der Waals surface area contributed by atoms with Gasteiger partial charge in [-0.3, -0.25) is 9.59 Å². The number of amides is 2. The van der Waals surface area contributed by atoms with Gasteiger partial charge in [-0.05, 0) is 36.6 Å². The summed E-state index contributed by atoms with van der Waals surface area (Å²) in [6.45, 7) is 1.48. The molecule has 0 spiro atoms. The van der Waals surface area contributed by atoms with Crippen LogP contribution in [0.15, 0.2) is 54.7 Å². The van der Waals surface area contributed by atoms with Gasteiger partial charge in [0.25, 0.3) is 5.91 Å². The number of para-hydroxylation sites is 1. The Morgan fingerprint density at radius 1 is 1.07 bits per heavy atom. The second kappa shape index (κ2) is 8.07. The van der Waals surface area contributed by atoms with Crippen molar-refractivity contribution in [3.63, 3.8) is 0 Å². The molecule has 1 fully saturated rings. The number of aromatic nitrogens is 1. The summed E-state index contributed by atoms with van der Waals surface area (Å²) < 4.78 is 0. The first-order valence-corrected chi connectivity index (χ1v) is 9.90. The van der Waals surface area contributed by atoms with Crippen LogP contribution < -0.4 is 5.32 Å². The lowest BCUT2D eigenvalue weighted by Gasteiger charge is -2.24. The molecule has 0 bridgehead atoms. The molecule has 5 nitrogen and oxygen atoms in total. The summed E-state index contributed by atoms with van der Waals surface area (Å²) in [5.74, 6) is -0.369. The molecule has 0 radical (unpaired) electrons. The number of hydrogen-bond donors (Lipinski definition) is 2. The highest BCUT2D eigenvalue weighted by Crippen LogP contribution is 2.21. The number of H-pyrrole nitrogens is 1. The number of fused-ring (bicyclic) bond motifs is 1. The van der Waals surface area contributed by atoms with Gasteiger partial charge in [0.15, 0.2) is 0 Å². The molecular weight excluding hydrogens is 374 g/mol. The molecule has 2 amide bonds. The zero-order valence-corrected chi connectivity index (χ0v) is 16.2. The van der Waals surface area contributed by atoms with Gasteiger partial charge in [0.1, 0.15) is 6.04 Å². The molecule has 6 heteroatoms. The van der Waals surface area contributed by atoms with Crippen LogP contribution in [0.25, 0.3) is 10.9 Å². The quantitative estimate of drug-likeness (QED) is 0.690. The zero-order valence-electron chi connectivity index (χ0n) is 15.5. The van der Waals surface area contributed by atoms with E-state index in [2.05, 4.69) is 10.3 Å². The van der Waals surface area contributed by atoms with E-state index in [4.69, 9.17) is 11.6 Å². The van der Waals surface area contributed by atoms with Gasteiger partial charge in [-0.1, -0.05) is 41.9 Å². The van der Waals surface area contributed by atoms with E-state index in [1.54, 1.807) is 24.3 Å². The average molecular weight is 396 g/mol. The predicted octanol–water partition coefficient (Wildman–Crippen LogP) is 3.78. The first kappa shape index (κ1) is 18.6. The van der Waals surface area contributed by atoms with Crippen molar-refractivity contribution in [1.82, 2.24) is 15.2 Å². The Bertz CT molecular complexity index is 1010. The van der Waals surface area contributed by atoms with Crippen molar-refractivity contribution in [3.05, 3.63) is 70.9 Å². The molecule has 2 aromatic carbocycles. The Kier molecular flexibility index (Phi) is 5.35. The Hall–Kier alpha value is -2.79. The highest BCUT2D eigenvalue weighted by atomic mass is 35.5. The summed E-state index contributed by atoms with van der Waals surface area (Å²) >= 11 is 6.17. The van der Waals surface area contributed by atoms with Crippen LogP contribution >= 0.6 is 11.6 Å². The van der Waals surface area contributed by atoms with E-state index in [9.17, 15) is 9.59 Å². The lowest BCUT2D eigenvalue weighted by Crippen LogP contribution is -2.49. The molecule has 1 aliphatic heterocycles. The number of likely N-dealkylation sites (tertiary alicyclic amines) is 1. The summed E-state index contributed by atoms with van der Waals surface area (Å²) in [5.41, 5.74) is 2.40. The van der Waals surface area contributed by atoms with Crippen molar-refractivity contribution in [2.24, 2.45) is 0 Å². The minimum absolute atomic E-state index is 0.0387. The fraction of sp³-hybridized carbons (Fsp3) is 0.273. The molecule has 2 heterocycles. The summed E-state index contributed by atoms with van der Waals surface area (Å²) in [4.78, 5) is 31.0. The Morgan fingerprint density at radius 3 is 2.57 bits per heavy atom. The standard InChI is InChI=1S/C22H22ClN3O2/c23-18-9-3-1-8-17(18)21(27)25-20(22(28)26-11-5-6-12-26)13-15-14-24-19-10-4-2-7-16(15)19/h1-4,7-10,14,20,24H,5-6,11-13H2,(H,25,27)/t20-/m1/s1. The smallest absolute Gasteiger partial charge is 0.253 e. The van der Waals surface area contributed by atoms with Crippen LogP contribution in [0.5, 0.6) is 0 Å². The number of benzene rings is 2. The van der Waals surface area contributed by atoms with Crippen molar-refractivity contribution in [3.8, 4) is 0 Å². The summed E-state index contributed by atoms with van der Waals surface area (Å²) in [5, 5.41) is 4.36. The molecule has 1 aliphatic rings. The zero-order chi connectivity index (χ0) is 19.5. The fourth-order valence-electron chi connectivity index (χ4n) is 3.76. The molecule has 0 saturated carbocycles. The normalized spacial score (nSPS) is 15.0. The van der Waals surface area contributed by atoms with Crippen molar-refractivity contribution in [1.29, 1.82) is 0 Å². The van der Waals surface area contributed by atoms with Gasteiger partial charge >= 0.3 is 0 Å². The Morgan fingerprint density at radius 2 is 1.79 bits per heavy atom. The van der Waals surface area contributed by atoms with Gasteiger partial charge in [-0.2, -0.15) is 0 Å². The molecule has 1 aromatic heterocycles. The van der Waals surface area contributed by atoms with E-state index in [-0.39, 0.29) is 11.8 Å². The molecule has 144 valence electrons. The van der Waals surface area contributed by atoms with Crippen LogP contribution in [0, 0.1) is 0 Å². The maximum absolute atomic E-state index is 13.1. The molecule has 1 atom stereocenters. The molecule has 1 saturated heterocycles. The van der Waals surface area contributed by atoms with Crippen molar-refractivity contribution < 1.29 is 9.59 Å². The van der Waals surface area contributed by atoms with Crippen LogP contribution in [0.4, 0.5) is 0 Å². The van der Waals surface area contributed by atoms with Crippen LogP contribution in [0.1, 0.15) is 28.8 Å². The van der Waals surface area contributed by atoms with Crippen molar-refractivity contribution >= 4 is 34.3 Å². The molecule has 0 unspecified atom stereocenters. The van der Waals surface area contributed by atoms with Gasteiger partial charge in [-0.25, -0.2) is 0 Å². The van der Waals surface area contributed by atoms with E-state index < -0.39 is 6.04 Å². The molecule has 0 aliphatic carbocycles. The van der Waals surface area contributed by atoms with Gasteiger partial charge in [0.05, 0.1) is 10.6 Å². The summed E-state index contributed by atoms with van der Waals surface area (Å²) in [7, 11) is 0. The van der Waals surface area contributed by atoms with Crippen LogP contribution in [0.2, 0.25) is 5.02 Å². The van der Waals surface area contributed by atoms with E-state index in [0.29, 0.717) is 17.0 Å². The molecule has 2 N–H and O–H groups in total. The number of aromatic amines is 1. The fourth-order valence-corrected chi connectivity index (χ4v) is 3.98. The largest absolute Gasteiger partial charge is 0.361 e. The number of carbonyl (C=O) groups excluding carboxylic acids is 2. The van der Waals surface area contributed by atoms with E-state index >= 15 is 0 Å². The van der Waals surface area contributed by atoms with Crippen LogP contribution in [-0.4, -0.2) is 40.8 Å². The number of nitrogens with zero attached hydrogens (tertiary/aromatic N) is 1. The lowest BCUT2D eigenvalue weighted by atomic mass is 10.0. The van der Waals surface area contributed by atoms with Gasteiger partial charge in [0, 0.05) is 36.6 Å². The maximum atomic E-state index is 13.1. The van der Waals surface area contributed by atoms with E-state index in [1.165, 1.54) is 0 Å². The van der Waals surface area contributed by atoms with Gasteiger partial charge in [-0.15, -0.1) is 0 Å². The van der Waals surface area contributed by atoms with E-state index in [0.717, 1.165) is 42.4 Å². The SMILES string of the molecule is O=C(N[C@H](Cc1c[nH]c2ccccc12)C(=O)N1CCCC1)c1ccccc1Cl. The molecule has 4 rings (SSSR count). The van der Waals surface area contributed by atoms with Crippen molar-refractivity contribution in [2.45, 2.75) is 25.3 Å². The monoisotopic (exact) mass is 395 g/mol. The highest BCUT2D eigenvalue weighted by Gasteiger charge is 2.29. The van der Waals surface area contributed by atoms with Gasteiger partial charge < -0.3 is 15.2 Å². The highest BCUT2D eigenvalue weighted by molar-refractivity contribution is 6.33. The second-order valence-corrected chi connectivity index (χ2v) is 7.51.